The van der Waals surface area contributed by atoms with Crippen LogP contribution in [0.5, 0.6) is 0 Å². The fourth-order valence-electron chi connectivity index (χ4n) is 5.17. The van der Waals surface area contributed by atoms with Gasteiger partial charge in [0.25, 0.3) is 11.8 Å². The molecule has 1 saturated carbocycles. The molecule has 0 aromatic heterocycles. The predicted molar refractivity (Wildman–Crippen MR) is 139 cm³/mol. The van der Waals surface area contributed by atoms with Gasteiger partial charge < -0.3 is 20.6 Å². The molecular weight excluding hydrogens is 515 g/mol. The summed E-state index contributed by atoms with van der Waals surface area (Å²) in [4.78, 5) is 54.4. The maximum atomic E-state index is 13.7. The van der Waals surface area contributed by atoms with E-state index in [-0.39, 0.29) is 31.0 Å². The topological polar surface area (TPSA) is 119 Å². The first-order valence-electron chi connectivity index (χ1n) is 12.6. The predicted octanol–water partition coefficient (Wildman–Crippen LogP) is 4.33. The highest BCUT2D eigenvalue weighted by molar-refractivity contribution is 6.30. The van der Waals surface area contributed by atoms with Crippen molar-refractivity contribution in [3.8, 4) is 0 Å². The molecule has 2 aromatic rings. The first kappa shape index (κ1) is 27.4. The van der Waals surface area contributed by atoms with Gasteiger partial charge >= 0.3 is 12.0 Å². The molecule has 1 heterocycles. The molecule has 2 unspecified atom stereocenters. The number of benzene rings is 2. The first-order chi connectivity index (χ1) is 18.2. The summed E-state index contributed by atoms with van der Waals surface area (Å²) in [7, 11) is 0. The Labute approximate surface area is 224 Å². The van der Waals surface area contributed by atoms with Crippen LogP contribution in [0.3, 0.4) is 0 Å². The molecular formula is C27H30ClFN4O5. The van der Waals surface area contributed by atoms with Crippen LogP contribution in [0.1, 0.15) is 48.9 Å². The molecule has 3 N–H and O–H groups in total. The van der Waals surface area contributed by atoms with Gasteiger partial charge in [0.2, 0.25) is 0 Å². The van der Waals surface area contributed by atoms with E-state index in [2.05, 4.69) is 10.6 Å². The third-order valence-electron chi connectivity index (χ3n) is 7.04. The Morgan fingerprint density at radius 3 is 2.34 bits per heavy atom. The van der Waals surface area contributed by atoms with Gasteiger partial charge in [-0.25, -0.2) is 9.18 Å². The van der Waals surface area contributed by atoms with E-state index in [1.54, 1.807) is 24.3 Å². The highest BCUT2D eigenvalue weighted by Gasteiger charge is 2.44. The first-order valence-corrected chi connectivity index (χ1v) is 13.0. The Kier molecular flexibility index (Phi) is 8.83. The van der Waals surface area contributed by atoms with Crippen LogP contribution in [-0.4, -0.2) is 64.0 Å². The number of carboxylic acids is 1. The van der Waals surface area contributed by atoms with Crippen molar-refractivity contribution in [3.05, 3.63) is 64.9 Å². The van der Waals surface area contributed by atoms with Crippen molar-refractivity contribution < 1.29 is 28.7 Å². The molecule has 2 aromatic carbocycles. The van der Waals surface area contributed by atoms with Crippen LogP contribution in [-0.2, 0) is 9.59 Å². The van der Waals surface area contributed by atoms with Gasteiger partial charge in [-0.15, -0.1) is 0 Å². The molecule has 4 amide bonds. The Morgan fingerprint density at radius 2 is 1.68 bits per heavy atom. The molecule has 9 nitrogen and oxygen atoms in total. The zero-order valence-electron chi connectivity index (χ0n) is 20.7. The lowest BCUT2D eigenvalue weighted by Crippen LogP contribution is -2.57. The van der Waals surface area contributed by atoms with Gasteiger partial charge in [-0.2, -0.15) is 0 Å². The van der Waals surface area contributed by atoms with Gasteiger partial charge in [0.15, 0.2) is 6.17 Å². The number of halogens is 2. The van der Waals surface area contributed by atoms with Gasteiger partial charge in [-0.05, 0) is 61.2 Å². The van der Waals surface area contributed by atoms with Gasteiger partial charge in [0, 0.05) is 35.4 Å². The van der Waals surface area contributed by atoms with E-state index < -0.39 is 41.8 Å². The number of nitrogens with zero attached hydrogens (tertiary/aromatic N) is 2. The lowest BCUT2D eigenvalue weighted by atomic mass is 9.82. The van der Waals surface area contributed by atoms with Gasteiger partial charge in [0.1, 0.15) is 5.82 Å². The molecule has 2 fully saturated rings. The fraction of sp³-hybridized carbons (Fsp3) is 0.407. The second-order valence-corrected chi connectivity index (χ2v) is 10.1. The standard InChI is InChI=1S/C27H30ClFN4O5/c28-19-7-4-8-21(15-19)30-27(38)33-14-13-32(26(37)18-9-11-20(29)12-10-18)25(33)24(36)31-22(16-23(34)35)17-5-2-1-3-6-17/h4,7-12,15,17,22,25H,1-3,5-6,13-14,16H2,(H,30,38)(H,31,36)(H,34,35). The number of anilines is 1. The molecule has 11 heteroatoms. The Balaban J connectivity index is 1.60. The largest absolute Gasteiger partial charge is 0.481 e. The highest BCUT2D eigenvalue weighted by Crippen LogP contribution is 2.29. The Hall–Kier alpha value is -3.66. The van der Waals surface area contributed by atoms with E-state index in [1.165, 1.54) is 21.9 Å². The quantitative estimate of drug-likeness (QED) is 0.479. The van der Waals surface area contributed by atoms with Crippen LogP contribution in [0, 0.1) is 11.7 Å². The van der Waals surface area contributed by atoms with Crippen LogP contribution in [0.4, 0.5) is 14.9 Å². The molecule has 202 valence electrons. The zero-order chi connectivity index (χ0) is 27.2. The van der Waals surface area contributed by atoms with Crippen LogP contribution in [0.25, 0.3) is 0 Å². The zero-order valence-corrected chi connectivity index (χ0v) is 21.5. The molecule has 0 bridgehead atoms. The summed E-state index contributed by atoms with van der Waals surface area (Å²) in [5.74, 6) is -2.75. The number of nitrogens with one attached hydrogen (secondary N) is 2. The van der Waals surface area contributed by atoms with Gasteiger partial charge in [-0.1, -0.05) is 36.9 Å². The maximum absolute atomic E-state index is 13.7. The van der Waals surface area contributed by atoms with E-state index >= 15 is 0 Å². The van der Waals surface area contributed by atoms with Crippen molar-refractivity contribution in [2.45, 2.75) is 50.7 Å². The summed E-state index contributed by atoms with van der Waals surface area (Å²) in [6.07, 6.45) is 2.95. The van der Waals surface area contributed by atoms with E-state index in [9.17, 15) is 28.7 Å². The minimum Gasteiger partial charge on any atom is -0.481 e. The number of hydrogen-bond acceptors (Lipinski definition) is 4. The minimum atomic E-state index is -1.33. The van der Waals surface area contributed by atoms with Crippen LogP contribution in [0.15, 0.2) is 48.5 Å². The third-order valence-corrected chi connectivity index (χ3v) is 7.27. The smallest absolute Gasteiger partial charge is 0.323 e. The average Bonchev–Trinajstić information content (AvgIpc) is 3.34. The third kappa shape index (κ3) is 6.61. The number of carbonyl (C=O) groups excluding carboxylic acids is 3. The molecule has 1 aliphatic heterocycles. The van der Waals surface area contributed by atoms with Crippen molar-refractivity contribution in [1.29, 1.82) is 0 Å². The number of rotatable bonds is 7. The summed E-state index contributed by atoms with van der Waals surface area (Å²) < 4.78 is 13.5. The lowest BCUT2D eigenvalue weighted by Gasteiger charge is -2.34. The summed E-state index contributed by atoms with van der Waals surface area (Å²) in [6.45, 7) is 0.120. The molecule has 0 radical (unpaired) electrons. The molecule has 4 rings (SSSR count). The van der Waals surface area contributed by atoms with Crippen LogP contribution in [0.2, 0.25) is 5.02 Å². The second kappa shape index (κ2) is 12.3. The van der Waals surface area contributed by atoms with E-state index in [0.717, 1.165) is 44.2 Å². The normalized spacial score (nSPS) is 18.6. The summed E-state index contributed by atoms with van der Waals surface area (Å²) in [5.41, 5.74) is 0.576. The monoisotopic (exact) mass is 544 g/mol. The molecule has 2 atom stereocenters. The number of hydrogen-bond donors (Lipinski definition) is 3. The number of carboxylic acid groups (broad SMARTS) is 1. The van der Waals surface area contributed by atoms with Crippen LogP contribution >= 0.6 is 11.6 Å². The van der Waals surface area contributed by atoms with E-state index in [1.807, 2.05) is 0 Å². The van der Waals surface area contributed by atoms with Crippen molar-refractivity contribution >= 4 is 41.1 Å². The van der Waals surface area contributed by atoms with Crippen molar-refractivity contribution in [3.63, 3.8) is 0 Å². The van der Waals surface area contributed by atoms with E-state index in [0.29, 0.717) is 10.7 Å². The van der Waals surface area contributed by atoms with E-state index in [4.69, 9.17) is 11.6 Å². The SMILES string of the molecule is O=C(O)CC(NC(=O)C1N(C(=O)Nc2cccc(Cl)c2)CCN1C(=O)c1ccc(F)cc1)C1CCCCC1. The Morgan fingerprint density at radius 1 is 1.00 bits per heavy atom. The van der Waals surface area contributed by atoms with Gasteiger partial charge in [0.05, 0.1) is 6.42 Å². The molecule has 38 heavy (non-hydrogen) atoms. The van der Waals surface area contributed by atoms with Gasteiger partial charge in [-0.3, -0.25) is 19.3 Å². The Bertz CT molecular complexity index is 1190. The number of carbonyl (C=O) groups is 4. The summed E-state index contributed by atoms with van der Waals surface area (Å²) >= 11 is 6.03. The highest BCUT2D eigenvalue weighted by atomic mass is 35.5. The molecule has 0 spiro atoms. The number of aliphatic carboxylic acids is 1. The number of urea groups is 1. The maximum Gasteiger partial charge on any atom is 0.323 e. The summed E-state index contributed by atoms with van der Waals surface area (Å²) in [5, 5.41) is 15.5. The molecule has 1 aliphatic carbocycles. The van der Waals surface area contributed by atoms with Crippen molar-refractivity contribution in [2.75, 3.05) is 18.4 Å². The fourth-order valence-corrected chi connectivity index (χ4v) is 5.36. The van der Waals surface area contributed by atoms with Crippen molar-refractivity contribution in [1.82, 2.24) is 15.1 Å². The van der Waals surface area contributed by atoms with Crippen LogP contribution < -0.4 is 10.6 Å². The lowest BCUT2D eigenvalue weighted by molar-refractivity contribution is -0.138. The minimum absolute atomic E-state index is 0.0137. The average molecular weight is 545 g/mol. The molecule has 1 saturated heterocycles. The number of amides is 4. The second-order valence-electron chi connectivity index (χ2n) is 9.62. The van der Waals surface area contributed by atoms with Crippen molar-refractivity contribution in [2.24, 2.45) is 5.92 Å². The molecule has 2 aliphatic rings. The summed E-state index contributed by atoms with van der Waals surface area (Å²) in [6, 6.07) is 10.2.